The molecule has 1 aromatic carbocycles. The molecule has 0 unspecified atom stereocenters. The van der Waals surface area contributed by atoms with Crippen LogP contribution in [0.2, 0.25) is 10.0 Å². The first-order chi connectivity index (χ1) is 14.7. The smallest absolute Gasteiger partial charge is 0.280 e. The summed E-state index contributed by atoms with van der Waals surface area (Å²) in [5, 5.41) is 10.8. The topological polar surface area (TPSA) is 77.1 Å². The molecule has 0 atom stereocenters. The Kier molecular flexibility index (Phi) is 5.59. The number of amides is 1. The average Bonchev–Trinajstić information content (AvgIpc) is 3.27. The number of carbonyl (C=O) groups is 1. The highest BCUT2D eigenvalue weighted by Crippen LogP contribution is 2.25. The lowest BCUT2D eigenvalue weighted by atomic mass is 10.2. The van der Waals surface area contributed by atoms with Crippen LogP contribution in [0.15, 0.2) is 36.7 Å². The second-order valence-electron chi connectivity index (χ2n) is 6.59. The fourth-order valence-electron chi connectivity index (χ4n) is 3.01. The van der Waals surface area contributed by atoms with Crippen LogP contribution in [0.5, 0.6) is 0 Å². The first-order valence-electron chi connectivity index (χ1n) is 8.85. The number of nitrogens with one attached hydrogen (secondary N) is 1. The maximum absolute atomic E-state index is 14.0. The number of benzene rings is 1. The van der Waals surface area contributed by atoms with Gasteiger partial charge in [0, 0.05) is 22.5 Å². The lowest BCUT2D eigenvalue weighted by Gasteiger charge is -2.06. The highest BCUT2D eigenvalue weighted by molar-refractivity contribution is 6.33. The summed E-state index contributed by atoms with van der Waals surface area (Å²) in [6.45, 7) is 1.52. The predicted octanol–water partition coefficient (Wildman–Crippen LogP) is 4.92. The van der Waals surface area contributed by atoms with E-state index in [4.69, 9.17) is 23.2 Å². The van der Waals surface area contributed by atoms with Gasteiger partial charge in [-0.2, -0.15) is 10.2 Å². The summed E-state index contributed by atoms with van der Waals surface area (Å²) in [5.41, 5.74) is 0.0740. The molecule has 12 heteroatoms. The van der Waals surface area contributed by atoms with Gasteiger partial charge in [0.2, 0.25) is 0 Å². The molecule has 31 heavy (non-hydrogen) atoms. The summed E-state index contributed by atoms with van der Waals surface area (Å²) in [7, 11) is 0. The Morgan fingerprint density at radius 1 is 1.26 bits per heavy atom. The minimum absolute atomic E-state index is 0.000199. The number of anilines is 1. The fourth-order valence-corrected chi connectivity index (χ4v) is 3.43. The van der Waals surface area contributed by atoms with Gasteiger partial charge in [-0.1, -0.05) is 29.3 Å². The van der Waals surface area contributed by atoms with Gasteiger partial charge < -0.3 is 5.32 Å². The molecule has 0 spiro atoms. The van der Waals surface area contributed by atoms with E-state index >= 15 is 0 Å². The normalized spacial score (nSPS) is 11.5. The second kappa shape index (κ2) is 8.20. The summed E-state index contributed by atoms with van der Waals surface area (Å²) in [4.78, 5) is 16.9. The highest BCUT2D eigenvalue weighted by Gasteiger charge is 2.22. The van der Waals surface area contributed by atoms with E-state index in [1.165, 1.54) is 36.0 Å². The third-order valence-electron chi connectivity index (χ3n) is 4.43. The van der Waals surface area contributed by atoms with Crippen LogP contribution in [-0.2, 0) is 6.54 Å². The summed E-state index contributed by atoms with van der Waals surface area (Å²) >= 11 is 12.2. The van der Waals surface area contributed by atoms with Gasteiger partial charge in [0.25, 0.3) is 12.3 Å². The van der Waals surface area contributed by atoms with Gasteiger partial charge >= 0.3 is 0 Å². The number of alkyl halides is 2. The maximum atomic E-state index is 14.0. The molecule has 7 nitrogen and oxygen atoms in total. The monoisotopic (exact) mass is 468 g/mol. The number of hydrogen-bond acceptors (Lipinski definition) is 4. The molecule has 0 bridgehead atoms. The molecular weight excluding hydrogens is 456 g/mol. The van der Waals surface area contributed by atoms with Crippen LogP contribution in [0.3, 0.4) is 0 Å². The Hall–Kier alpha value is -3.11. The second-order valence-corrected chi connectivity index (χ2v) is 7.41. The Morgan fingerprint density at radius 3 is 2.74 bits per heavy atom. The zero-order chi connectivity index (χ0) is 22.3. The van der Waals surface area contributed by atoms with Gasteiger partial charge in [0.15, 0.2) is 11.5 Å². The largest absolute Gasteiger partial charge is 0.304 e. The van der Waals surface area contributed by atoms with Crippen molar-refractivity contribution in [3.05, 3.63) is 75.0 Å². The molecule has 1 amide bonds. The van der Waals surface area contributed by atoms with Crippen molar-refractivity contribution < 1.29 is 18.0 Å². The summed E-state index contributed by atoms with van der Waals surface area (Å²) in [5.74, 6) is -1.20. The van der Waals surface area contributed by atoms with E-state index in [1.54, 1.807) is 6.07 Å². The van der Waals surface area contributed by atoms with Crippen molar-refractivity contribution in [3.8, 4) is 0 Å². The first-order valence-corrected chi connectivity index (χ1v) is 9.61. The minimum Gasteiger partial charge on any atom is -0.304 e. The molecule has 0 fully saturated rings. The molecule has 3 heterocycles. The van der Waals surface area contributed by atoms with Crippen molar-refractivity contribution in [2.24, 2.45) is 0 Å². The minimum atomic E-state index is -2.80. The van der Waals surface area contributed by atoms with Crippen molar-refractivity contribution in [3.63, 3.8) is 0 Å². The van der Waals surface area contributed by atoms with E-state index in [-0.39, 0.29) is 44.9 Å². The van der Waals surface area contributed by atoms with Gasteiger partial charge in [0.05, 0.1) is 12.7 Å². The van der Waals surface area contributed by atoms with Crippen molar-refractivity contribution >= 4 is 40.6 Å². The fraction of sp³-hybridized carbons (Fsp3) is 0.158. The van der Waals surface area contributed by atoms with E-state index in [9.17, 15) is 18.0 Å². The molecule has 0 aliphatic carbocycles. The molecule has 4 rings (SSSR count). The molecule has 0 aliphatic rings. The number of hydrogen-bond donors (Lipinski definition) is 1. The van der Waals surface area contributed by atoms with Gasteiger partial charge in [-0.15, -0.1) is 0 Å². The summed E-state index contributed by atoms with van der Waals surface area (Å²) in [6.07, 6.45) is -0.268. The third-order valence-corrected chi connectivity index (χ3v) is 5.06. The Morgan fingerprint density at radius 2 is 2.03 bits per heavy atom. The molecule has 0 saturated carbocycles. The maximum Gasteiger partial charge on any atom is 0.280 e. The molecule has 160 valence electrons. The molecule has 3 aromatic heterocycles. The third kappa shape index (κ3) is 4.08. The number of rotatable bonds is 5. The van der Waals surface area contributed by atoms with Crippen LogP contribution in [0.1, 0.15) is 33.7 Å². The predicted molar refractivity (Wildman–Crippen MR) is 108 cm³/mol. The highest BCUT2D eigenvalue weighted by atomic mass is 35.5. The lowest BCUT2D eigenvalue weighted by molar-refractivity contribution is 0.102. The average molecular weight is 469 g/mol. The van der Waals surface area contributed by atoms with E-state index in [2.05, 4.69) is 20.5 Å². The zero-order valence-corrected chi connectivity index (χ0v) is 17.3. The Bertz CT molecular complexity index is 1280. The number of halogens is 5. The number of carbonyl (C=O) groups excluding carboxylic acids is 1. The van der Waals surface area contributed by atoms with Crippen molar-refractivity contribution in [1.29, 1.82) is 0 Å². The molecule has 1 N–H and O–H groups in total. The van der Waals surface area contributed by atoms with E-state index in [0.29, 0.717) is 5.69 Å². The molecule has 0 radical (unpaired) electrons. The Balaban J connectivity index is 1.61. The number of aromatic nitrogens is 5. The Labute approximate surface area is 183 Å². The molecule has 0 saturated heterocycles. The van der Waals surface area contributed by atoms with Crippen LogP contribution >= 0.6 is 23.2 Å². The van der Waals surface area contributed by atoms with E-state index in [0.717, 1.165) is 10.7 Å². The standard InChI is InChI=1S/C19H13Cl2F3N6O/c1-9-5-15(16(23)24)30-18(26-9)10(6-25-30)19(31)27-17-13(21)8-29(28-17)7-11-12(20)3-2-4-14(11)22/h2-6,8,16H,7H2,1H3,(H,27,28,31). The van der Waals surface area contributed by atoms with E-state index < -0.39 is 18.1 Å². The van der Waals surface area contributed by atoms with Gasteiger partial charge in [-0.3, -0.25) is 9.48 Å². The number of aryl methyl sites for hydroxylation is 1. The quantitative estimate of drug-likeness (QED) is 0.450. The lowest BCUT2D eigenvalue weighted by Crippen LogP contribution is -2.14. The SMILES string of the molecule is Cc1cc(C(F)F)n2ncc(C(=O)Nc3nn(Cc4c(F)cccc4Cl)cc3Cl)c2n1. The van der Waals surface area contributed by atoms with Crippen LogP contribution in [0.4, 0.5) is 19.0 Å². The number of nitrogens with zero attached hydrogens (tertiary/aromatic N) is 5. The van der Waals surface area contributed by atoms with Gasteiger partial charge in [-0.05, 0) is 25.1 Å². The molecular formula is C19H13Cl2F3N6O. The van der Waals surface area contributed by atoms with Gasteiger partial charge in [0.1, 0.15) is 22.1 Å². The van der Waals surface area contributed by atoms with Crippen LogP contribution in [0.25, 0.3) is 5.65 Å². The first kappa shape index (κ1) is 21.1. The molecule has 4 aromatic rings. The van der Waals surface area contributed by atoms with Crippen LogP contribution in [-0.4, -0.2) is 30.3 Å². The number of fused-ring (bicyclic) bond motifs is 1. The van der Waals surface area contributed by atoms with Crippen LogP contribution in [0, 0.1) is 12.7 Å². The zero-order valence-electron chi connectivity index (χ0n) is 15.8. The van der Waals surface area contributed by atoms with Crippen molar-refractivity contribution in [1.82, 2.24) is 24.4 Å². The summed E-state index contributed by atoms with van der Waals surface area (Å²) < 4.78 is 42.8. The van der Waals surface area contributed by atoms with E-state index in [1.807, 2.05) is 0 Å². The van der Waals surface area contributed by atoms with Crippen LogP contribution < -0.4 is 5.32 Å². The molecule has 0 aliphatic heterocycles. The van der Waals surface area contributed by atoms with Gasteiger partial charge in [-0.25, -0.2) is 22.7 Å². The summed E-state index contributed by atoms with van der Waals surface area (Å²) in [6, 6.07) is 5.48. The van der Waals surface area contributed by atoms with Crippen molar-refractivity contribution in [2.75, 3.05) is 5.32 Å². The van der Waals surface area contributed by atoms with Crippen molar-refractivity contribution in [2.45, 2.75) is 19.9 Å².